The Balaban J connectivity index is 0.000000244. The van der Waals surface area contributed by atoms with Gasteiger partial charge in [-0.15, -0.1) is 0 Å². The Morgan fingerprint density at radius 3 is 2.04 bits per heavy atom. The fourth-order valence-corrected chi connectivity index (χ4v) is 3.21. The Hall–Kier alpha value is -2.01. The van der Waals surface area contributed by atoms with Crippen molar-refractivity contribution in [2.45, 2.75) is 13.0 Å². The van der Waals surface area contributed by atoms with E-state index in [9.17, 15) is 5.11 Å². The van der Waals surface area contributed by atoms with Crippen molar-refractivity contribution in [3.05, 3.63) is 92.9 Å². The molecule has 1 N–H and O–H groups in total. The molecule has 1 unspecified atom stereocenters. The Morgan fingerprint density at radius 1 is 0.852 bits per heavy atom. The quantitative estimate of drug-likeness (QED) is 0.515. The largest absolute Gasteiger partial charge is 0.496 e. The summed E-state index contributed by atoms with van der Waals surface area (Å²) in [5.41, 5.74) is 2.47. The maximum absolute atomic E-state index is 10.4. The summed E-state index contributed by atoms with van der Waals surface area (Å²) in [5, 5.41) is 11.0. The van der Waals surface area contributed by atoms with Crippen LogP contribution in [0.1, 0.15) is 22.8 Å². The predicted octanol–water partition coefficient (Wildman–Crippen LogP) is 6.20. The highest BCUT2D eigenvalue weighted by Gasteiger charge is 2.17. The van der Waals surface area contributed by atoms with Crippen molar-refractivity contribution in [3.63, 3.8) is 0 Å². The average molecular weight is 450 g/mol. The number of aryl methyl sites for hydroxylation is 1. The molecular weight excluding hydrogens is 428 g/mol. The third kappa shape index (κ3) is 5.73. The standard InChI is InChI=1S/C15H15ClO2.C7H7BrO/c1-10-7-8-13(16)12(9-10)15(17)11-5-3-4-6-14(11)18-2;1-9-7-5-3-2-4-6(7)8/h3-9,15,17H,1-2H3;2-5H,1H3. The first kappa shape index (κ1) is 21.3. The molecule has 0 aliphatic carbocycles. The van der Waals surface area contributed by atoms with Crippen molar-refractivity contribution in [1.29, 1.82) is 0 Å². The highest BCUT2D eigenvalue weighted by Crippen LogP contribution is 2.33. The van der Waals surface area contributed by atoms with Crippen LogP contribution in [-0.4, -0.2) is 19.3 Å². The lowest BCUT2D eigenvalue weighted by atomic mass is 9.99. The van der Waals surface area contributed by atoms with Crippen molar-refractivity contribution < 1.29 is 14.6 Å². The van der Waals surface area contributed by atoms with Gasteiger partial charge in [-0.25, -0.2) is 0 Å². The van der Waals surface area contributed by atoms with Gasteiger partial charge >= 0.3 is 0 Å². The zero-order valence-corrected chi connectivity index (χ0v) is 17.8. The molecule has 27 heavy (non-hydrogen) atoms. The minimum atomic E-state index is -0.784. The highest BCUT2D eigenvalue weighted by molar-refractivity contribution is 9.10. The van der Waals surface area contributed by atoms with Gasteiger partial charge in [0, 0.05) is 16.1 Å². The van der Waals surface area contributed by atoms with Crippen LogP contribution in [0.15, 0.2) is 71.2 Å². The van der Waals surface area contributed by atoms with Crippen LogP contribution in [0.2, 0.25) is 5.02 Å². The van der Waals surface area contributed by atoms with E-state index in [1.807, 2.05) is 67.6 Å². The number of methoxy groups -OCH3 is 2. The molecule has 5 heteroatoms. The number of benzene rings is 3. The lowest BCUT2D eigenvalue weighted by Crippen LogP contribution is -2.03. The molecule has 0 saturated carbocycles. The number of ether oxygens (including phenoxy) is 2. The summed E-state index contributed by atoms with van der Waals surface area (Å²) in [4.78, 5) is 0. The molecule has 0 heterocycles. The Kier molecular flexibility index (Phi) is 8.17. The lowest BCUT2D eigenvalue weighted by molar-refractivity contribution is 0.215. The van der Waals surface area contributed by atoms with Gasteiger partial charge in [-0.3, -0.25) is 0 Å². The maximum Gasteiger partial charge on any atom is 0.133 e. The molecule has 3 aromatic carbocycles. The van der Waals surface area contributed by atoms with E-state index < -0.39 is 6.10 Å². The second-order valence-electron chi connectivity index (χ2n) is 5.80. The molecule has 0 saturated heterocycles. The molecule has 1 atom stereocenters. The summed E-state index contributed by atoms with van der Waals surface area (Å²) in [6, 6.07) is 20.7. The molecule has 3 aromatic rings. The highest BCUT2D eigenvalue weighted by atomic mass is 79.9. The van der Waals surface area contributed by atoms with E-state index >= 15 is 0 Å². The first-order valence-corrected chi connectivity index (χ1v) is 9.50. The number of rotatable bonds is 4. The van der Waals surface area contributed by atoms with Gasteiger partial charge in [0.25, 0.3) is 0 Å². The van der Waals surface area contributed by atoms with Gasteiger partial charge in [-0.1, -0.05) is 59.6 Å². The molecule has 0 spiro atoms. The van der Waals surface area contributed by atoms with Crippen molar-refractivity contribution in [2.75, 3.05) is 14.2 Å². The van der Waals surface area contributed by atoms with Crippen molar-refractivity contribution in [2.24, 2.45) is 0 Å². The smallest absolute Gasteiger partial charge is 0.133 e. The van der Waals surface area contributed by atoms with E-state index in [0.717, 1.165) is 15.8 Å². The van der Waals surface area contributed by atoms with Gasteiger partial charge in [-0.2, -0.15) is 0 Å². The number of hydrogen-bond donors (Lipinski definition) is 1. The SMILES string of the molecule is COc1ccccc1Br.COc1ccccc1C(O)c1cc(C)ccc1Cl. The third-order valence-electron chi connectivity index (χ3n) is 3.94. The summed E-state index contributed by atoms with van der Waals surface area (Å²) in [6.45, 7) is 1.97. The van der Waals surface area contributed by atoms with Crippen LogP contribution < -0.4 is 9.47 Å². The zero-order valence-electron chi connectivity index (χ0n) is 15.4. The summed E-state index contributed by atoms with van der Waals surface area (Å²) in [5.74, 6) is 1.53. The number of para-hydroxylation sites is 2. The molecule has 3 nitrogen and oxygen atoms in total. The Bertz CT molecular complexity index is 883. The van der Waals surface area contributed by atoms with E-state index in [1.165, 1.54) is 0 Å². The lowest BCUT2D eigenvalue weighted by Gasteiger charge is -2.16. The molecule has 0 radical (unpaired) electrons. The minimum Gasteiger partial charge on any atom is -0.496 e. The molecule has 0 aliphatic heterocycles. The fourth-order valence-electron chi connectivity index (χ4n) is 2.54. The van der Waals surface area contributed by atoms with E-state index in [0.29, 0.717) is 21.9 Å². The van der Waals surface area contributed by atoms with Gasteiger partial charge in [0.05, 0.1) is 18.7 Å². The summed E-state index contributed by atoms with van der Waals surface area (Å²) in [7, 11) is 3.24. The topological polar surface area (TPSA) is 38.7 Å². The molecule has 0 bridgehead atoms. The second-order valence-corrected chi connectivity index (χ2v) is 7.07. The van der Waals surface area contributed by atoms with E-state index in [4.69, 9.17) is 21.1 Å². The summed E-state index contributed by atoms with van der Waals surface area (Å²) < 4.78 is 11.2. The molecule has 3 rings (SSSR count). The molecule has 0 amide bonds. The van der Waals surface area contributed by atoms with Crippen LogP contribution in [0.5, 0.6) is 11.5 Å². The van der Waals surface area contributed by atoms with E-state index in [2.05, 4.69) is 15.9 Å². The average Bonchev–Trinajstić information content (AvgIpc) is 2.70. The monoisotopic (exact) mass is 448 g/mol. The van der Waals surface area contributed by atoms with Gasteiger partial charge in [0.1, 0.15) is 17.6 Å². The van der Waals surface area contributed by atoms with Crippen LogP contribution in [0.25, 0.3) is 0 Å². The van der Waals surface area contributed by atoms with Crippen molar-refractivity contribution in [1.82, 2.24) is 0 Å². The van der Waals surface area contributed by atoms with Gasteiger partial charge in [-0.05, 0) is 47.1 Å². The number of aliphatic hydroxyl groups is 1. The van der Waals surface area contributed by atoms with Crippen LogP contribution >= 0.6 is 27.5 Å². The minimum absolute atomic E-state index is 0.555. The van der Waals surface area contributed by atoms with Crippen LogP contribution in [-0.2, 0) is 0 Å². The summed E-state index contributed by atoms with van der Waals surface area (Å²) >= 11 is 9.47. The van der Waals surface area contributed by atoms with Crippen LogP contribution in [0.3, 0.4) is 0 Å². The molecular formula is C22H22BrClO3. The second kappa shape index (κ2) is 10.4. The van der Waals surface area contributed by atoms with Crippen LogP contribution in [0, 0.1) is 6.92 Å². The molecule has 0 fully saturated rings. The zero-order chi connectivity index (χ0) is 19.8. The summed E-state index contributed by atoms with van der Waals surface area (Å²) in [6.07, 6.45) is -0.784. The van der Waals surface area contributed by atoms with Crippen LogP contribution in [0.4, 0.5) is 0 Å². The van der Waals surface area contributed by atoms with E-state index in [-0.39, 0.29) is 0 Å². The van der Waals surface area contributed by atoms with Crippen molar-refractivity contribution >= 4 is 27.5 Å². The molecule has 142 valence electrons. The molecule has 0 aromatic heterocycles. The van der Waals surface area contributed by atoms with Gasteiger partial charge in [0.15, 0.2) is 0 Å². The third-order valence-corrected chi connectivity index (χ3v) is 4.94. The van der Waals surface area contributed by atoms with E-state index in [1.54, 1.807) is 20.3 Å². The Morgan fingerprint density at radius 2 is 1.44 bits per heavy atom. The Labute approximate surface area is 173 Å². The van der Waals surface area contributed by atoms with Crippen molar-refractivity contribution in [3.8, 4) is 11.5 Å². The first-order chi connectivity index (χ1) is 13.0. The number of halogens is 2. The molecule has 0 aliphatic rings. The number of hydrogen-bond acceptors (Lipinski definition) is 3. The predicted molar refractivity (Wildman–Crippen MR) is 114 cm³/mol. The normalized spacial score (nSPS) is 11.2. The fraction of sp³-hybridized carbons (Fsp3) is 0.182. The maximum atomic E-state index is 10.4. The first-order valence-electron chi connectivity index (χ1n) is 8.33. The van der Waals surface area contributed by atoms with Gasteiger partial charge in [0.2, 0.25) is 0 Å². The number of aliphatic hydroxyl groups excluding tert-OH is 1. The van der Waals surface area contributed by atoms with Gasteiger partial charge < -0.3 is 14.6 Å².